The van der Waals surface area contributed by atoms with Crippen LogP contribution in [0.25, 0.3) is 22.0 Å². The molecule has 0 aliphatic carbocycles. The molecule has 7 heteroatoms. The molecule has 3 heterocycles. The van der Waals surface area contributed by atoms with E-state index in [0.717, 1.165) is 27.9 Å². The maximum Gasteiger partial charge on any atom is 0.349 e. The van der Waals surface area contributed by atoms with Crippen molar-refractivity contribution in [1.29, 1.82) is 0 Å². The molecule has 2 aromatic carbocycles. The highest BCUT2D eigenvalue weighted by atomic mass is 16.4. The molecule has 4 aromatic rings. The molecule has 1 aliphatic heterocycles. The number of hydrogen-bond donors (Lipinski definition) is 0. The third-order valence-corrected chi connectivity index (χ3v) is 5.46. The fourth-order valence-corrected chi connectivity index (χ4v) is 3.88. The molecule has 0 saturated carbocycles. The van der Waals surface area contributed by atoms with E-state index in [1.54, 1.807) is 23.1 Å². The minimum absolute atomic E-state index is 0.0730. The zero-order chi connectivity index (χ0) is 20.7. The van der Waals surface area contributed by atoms with E-state index in [2.05, 4.69) is 9.88 Å². The first kappa shape index (κ1) is 18.3. The predicted octanol–water partition coefficient (Wildman–Crippen LogP) is 3.01. The molecular weight excluding hydrogens is 380 g/mol. The maximum absolute atomic E-state index is 13.0. The van der Waals surface area contributed by atoms with Crippen molar-refractivity contribution in [3.05, 3.63) is 76.3 Å². The molecular formula is C23H20N4O3. The van der Waals surface area contributed by atoms with E-state index < -0.39 is 5.63 Å². The van der Waals surface area contributed by atoms with Gasteiger partial charge in [0, 0.05) is 31.6 Å². The van der Waals surface area contributed by atoms with Gasteiger partial charge in [-0.15, -0.1) is 0 Å². The van der Waals surface area contributed by atoms with Gasteiger partial charge in [0.15, 0.2) is 5.82 Å². The lowest BCUT2D eigenvalue weighted by atomic mass is 10.1. The van der Waals surface area contributed by atoms with Crippen molar-refractivity contribution in [3.8, 4) is 0 Å². The van der Waals surface area contributed by atoms with E-state index in [9.17, 15) is 9.59 Å². The van der Waals surface area contributed by atoms with Crippen LogP contribution in [0.4, 0.5) is 5.82 Å². The molecule has 1 saturated heterocycles. The van der Waals surface area contributed by atoms with E-state index in [1.807, 2.05) is 43.3 Å². The van der Waals surface area contributed by atoms with Gasteiger partial charge in [-0.05, 0) is 31.2 Å². The largest absolute Gasteiger partial charge is 0.422 e. The summed E-state index contributed by atoms with van der Waals surface area (Å²) in [6.45, 7) is 4.20. The molecule has 0 radical (unpaired) electrons. The molecule has 1 amide bonds. The summed E-state index contributed by atoms with van der Waals surface area (Å²) in [5, 5.41) is 0.737. The van der Waals surface area contributed by atoms with Crippen LogP contribution in [0.3, 0.4) is 0 Å². The highest BCUT2D eigenvalue weighted by Crippen LogP contribution is 2.22. The van der Waals surface area contributed by atoms with Crippen molar-refractivity contribution in [2.45, 2.75) is 6.92 Å². The van der Waals surface area contributed by atoms with E-state index in [-0.39, 0.29) is 11.5 Å². The minimum atomic E-state index is -0.600. The second kappa shape index (κ2) is 7.26. The zero-order valence-corrected chi connectivity index (χ0v) is 16.5. The summed E-state index contributed by atoms with van der Waals surface area (Å²) < 4.78 is 5.32. The predicted molar refractivity (Wildman–Crippen MR) is 115 cm³/mol. The lowest BCUT2D eigenvalue weighted by molar-refractivity contribution is 0.0742. The van der Waals surface area contributed by atoms with E-state index in [0.29, 0.717) is 31.8 Å². The number of benzene rings is 2. The zero-order valence-electron chi connectivity index (χ0n) is 16.5. The van der Waals surface area contributed by atoms with Gasteiger partial charge < -0.3 is 14.2 Å². The summed E-state index contributed by atoms with van der Waals surface area (Å²) >= 11 is 0. The van der Waals surface area contributed by atoms with Gasteiger partial charge in [-0.25, -0.2) is 14.8 Å². The summed E-state index contributed by atoms with van der Waals surface area (Å²) in [5.41, 5.74) is 2.54. The van der Waals surface area contributed by atoms with Gasteiger partial charge in [-0.3, -0.25) is 4.79 Å². The number of aryl methyl sites for hydroxylation is 1. The van der Waals surface area contributed by atoms with Crippen molar-refractivity contribution in [1.82, 2.24) is 14.9 Å². The molecule has 0 atom stereocenters. The number of carbonyl (C=O) groups is 1. The lowest BCUT2D eigenvalue weighted by Gasteiger charge is -2.35. The number of nitrogens with zero attached hydrogens (tertiary/aromatic N) is 4. The number of carbonyl (C=O) groups excluding carboxylic acids is 1. The average Bonchev–Trinajstić information content (AvgIpc) is 2.78. The van der Waals surface area contributed by atoms with Crippen LogP contribution < -0.4 is 10.5 Å². The molecule has 5 rings (SSSR count). The molecule has 1 aliphatic rings. The number of fused-ring (bicyclic) bond motifs is 2. The molecule has 7 nitrogen and oxygen atoms in total. The van der Waals surface area contributed by atoms with E-state index in [1.165, 1.54) is 0 Å². The first-order valence-electron chi connectivity index (χ1n) is 9.91. The fraction of sp³-hybridized carbons (Fsp3) is 0.217. The Morgan fingerprint density at radius 2 is 1.60 bits per heavy atom. The minimum Gasteiger partial charge on any atom is -0.422 e. The van der Waals surface area contributed by atoms with Crippen LogP contribution in [-0.4, -0.2) is 47.0 Å². The fourth-order valence-electron chi connectivity index (χ4n) is 3.88. The monoisotopic (exact) mass is 400 g/mol. The van der Waals surface area contributed by atoms with Gasteiger partial charge in [-0.2, -0.15) is 0 Å². The topological polar surface area (TPSA) is 79.5 Å². The highest BCUT2D eigenvalue weighted by Gasteiger charge is 2.26. The highest BCUT2D eigenvalue weighted by molar-refractivity contribution is 5.96. The number of piperazine rings is 1. The third-order valence-electron chi connectivity index (χ3n) is 5.46. The van der Waals surface area contributed by atoms with Crippen LogP contribution in [0.2, 0.25) is 0 Å². The van der Waals surface area contributed by atoms with Crippen LogP contribution in [0.5, 0.6) is 0 Å². The van der Waals surface area contributed by atoms with Crippen molar-refractivity contribution < 1.29 is 9.21 Å². The summed E-state index contributed by atoms with van der Waals surface area (Å²) in [4.78, 5) is 38.6. The van der Waals surface area contributed by atoms with E-state index >= 15 is 0 Å². The smallest absolute Gasteiger partial charge is 0.349 e. The molecule has 0 spiro atoms. The lowest BCUT2D eigenvalue weighted by Crippen LogP contribution is -2.50. The Labute approximate surface area is 172 Å². The standard InChI is InChI=1S/C23H20N4O3/c1-15-21(25-19-8-4-3-7-18(19)24-15)26-10-12-27(13-11-26)22(28)17-14-16-6-2-5-9-20(16)30-23(17)29/h2-9,14H,10-13H2,1H3. The number of amides is 1. The number of anilines is 1. The Balaban J connectivity index is 1.36. The molecule has 0 unspecified atom stereocenters. The number of aromatic nitrogens is 2. The van der Waals surface area contributed by atoms with Gasteiger partial charge >= 0.3 is 5.63 Å². The molecule has 2 aromatic heterocycles. The average molecular weight is 400 g/mol. The van der Waals surface area contributed by atoms with Gasteiger partial charge in [0.2, 0.25) is 0 Å². The molecule has 30 heavy (non-hydrogen) atoms. The van der Waals surface area contributed by atoms with Crippen molar-refractivity contribution in [3.63, 3.8) is 0 Å². The van der Waals surface area contributed by atoms with Crippen molar-refractivity contribution in [2.24, 2.45) is 0 Å². The van der Waals surface area contributed by atoms with Crippen LogP contribution in [0, 0.1) is 6.92 Å². The molecule has 1 fully saturated rings. The van der Waals surface area contributed by atoms with Crippen LogP contribution in [0.15, 0.2) is 63.8 Å². The van der Waals surface area contributed by atoms with E-state index in [4.69, 9.17) is 9.40 Å². The second-order valence-corrected chi connectivity index (χ2v) is 7.39. The Morgan fingerprint density at radius 3 is 2.37 bits per heavy atom. The Morgan fingerprint density at radius 1 is 0.933 bits per heavy atom. The van der Waals surface area contributed by atoms with Crippen LogP contribution in [-0.2, 0) is 0 Å². The first-order valence-corrected chi connectivity index (χ1v) is 9.91. The number of rotatable bonds is 2. The Hall–Kier alpha value is -3.74. The first-order chi connectivity index (χ1) is 14.6. The third kappa shape index (κ3) is 3.18. The number of hydrogen-bond acceptors (Lipinski definition) is 6. The van der Waals surface area contributed by atoms with Crippen molar-refractivity contribution >= 4 is 33.7 Å². The van der Waals surface area contributed by atoms with Gasteiger partial charge in [-0.1, -0.05) is 30.3 Å². The summed E-state index contributed by atoms with van der Waals surface area (Å²) in [5.74, 6) is 0.543. The van der Waals surface area contributed by atoms with Gasteiger partial charge in [0.25, 0.3) is 5.91 Å². The summed E-state index contributed by atoms with van der Waals surface area (Å²) in [7, 11) is 0. The maximum atomic E-state index is 13.0. The van der Waals surface area contributed by atoms with Crippen LogP contribution >= 0.6 is 0 Å². The van der Waals surface area contributed by atoms with Crippen molar-refractivity contribution in [2.75, 3.05) is 31.1 Å². The molecule has 0 bridgehead atoms. The van der Waals surface area contributed by atoms with Crippen LogP contribution in [0.1, 0.15) is 16.1 Å². The summed E-state index contributed by atoms with van der Waals surface area (Å²) in [6, 6.07) is 16.6. The Bertz CT molecular complexity index is 1320. The molecule has 0 N–H and O–H groups in total. The quantitative estimate of drug-likeness (QED) is 0.481. The molecule has 150 valence electrons. The Kier molecular flexibility index (Phi) is 4.43. The summed E-state index contributed by atoms with van der Waals surface area (Å²) in [6.07, 6.45) is 0. The number of para-hydroxylation sites is 3. The SMILES string of the molecule is Cc1nc2ccccc2nc1N1CCN(C(=O)c2cc3ccccc3oc2=O)CC1. The van der Waals surface area contributed by atoms with Gasteiger partial charge in [0.05, 0.1) is 16.7 Å². The normalized spacial score (nSPS) is 14.4. The second-order valence-electron chi connectivity index (χ2n) is 7.39. The van der Waals surface area contributed by atoms with Gasteiger partial charge in [0.1, 0.15) is 11.1 Å².